The number of thiophene rings is 1. The van der Waals surface area contributed by atoms with Crippen LogP contribution >= 0.6 is 23.6 Å². The number of likely N-dealkylation sites (tertiary alicyclic amines) is 1. The summed E-state index contributed by atoms with van der Waals surface area (Å²) in [5.41, 5.74) is 3.15. The second-order valence-electron chi connectivity index (χ2n) is 8.20. The molecule has 1 amide bonds. The van der Waals surface area contributed by atoms with Crippen LogP contribution in [0.3, 0.4) is 0 Å². The molecular formula is C23H27N3O3S2. The zero-order valence-corrected chi connectivity index (χ0v) is 19.5. The fourth-order valence-corrected chi connectivity index (χ4v) is 5.91. The van der Waals surface area contributed by atoms with Crippen LogP contribution in [-0.4, -0.2) is 42.1 Å². The number of fused-ring (bicyclic) bond motifs is 1. The van der Waals surface area contributed by atoms with Gasteiger partial charge in [-0.25, -0.2) is 4.79 Å². The van der Waals surface area contributed by atoms with Gasteiger partial charge in [-0.1, -0.05) is 6.92 Å². The first-order valence-electron chi connectivity index (χ1n) is 10.7. The van der Waals surface area contributed by atoms with Crippen molar-refractivity contribution in [2.24, 2.45) is 5.92 Å². The van der Waals surface area contributed by atoms with E-state index in [9.17, 15) is 9.59 Å². The minimum atomic E-state index is -0.331. The number of nitrogens with zero attached hydrogens (tertiary/aromatic N) is 1. The summed E-state index contributed by atoms with van der Waals surface area (Å²) < 4.78 is 5.03. The van der Waals surface area contributed by atoms with Crippen LogP contribution in [0.1, 0.15) is 57.3 Å². The Kier molecular flexibility index (Phi) is 6.57. The number of hydrogen-bond acceptors (Lipinski definition) is 5. The van der Waals surface area contributed by atoms with Crippen molar-refractivity contribution in [3.05, 3.63) is 45.8 Å². The smallest absolute Gasteiger partial charge is 0.341 e. The lowest BCUT2D eigenvalue weighted by Gasteiger charge is -2.18. The third-order valence-electron chi connectivity index (χ3n) is 5.91. The number of hydrogen-bond donors (Lipinski definition) is 2. The molecule has 1 atom stereocenters. The van der Waals surface area contributed by atoms with Crippen molar-refractivity contribution in [1.82, 2.24) is 4.90 Å². The molecule has 4 rings (SSSR count). The number of carbonyl (C=O) groups excluding carboxylic acids is 2. The summed E-state index contributed by atoms with van der Waals surface area (Å²) in [6, 6.07) is 7.33. The van der Waals surface area contributed by atoms with Gasteiger partial charge < -0.3 is 20.3 Å². The van der Waals surface area contributed by atoms with Crippen molar-refractivity contribution in [3.63, 3.8) is 0 Å². The van der Waals surface area contributed by atoms with Crippen LogP contribution in [0.2, 0.25) is 0 Å². The van der Waals surface area contributed by atoms with E-state index >= 15 is 0 Å². The van der Waals surface area contributed by atoms with Gasteiger partial charge in [-0.2, -0.15) is 0 Å². The molecule has 2 heterocycles. The fraction of sp³-hybridized carbons (Fsp3) is 0.435. The zero-order chi connectivity index (χ0) is 22.0. The van der Waals surface area contributed by atoms with E-state index < -0.39 is 0 Å². The maximum Gasteiger partial charge on any atom is 0.341 e. The SMILES string of the molecule is COC(=O)c1c(NC(=S)Nc2ccc(C(=O)N3CCCC3)cc2)sc2c1CCC(C)C2. The number of carbonyl (C=O) groups is 2. The van der Waals surface area contributed by atoms with E-state index in [1.807, 2.05) is 29.2 Å². The first-order chi connectivity index (χ1) is 15.0. The summed E-state index contributed by atoms with van der Waals surface area (Å²) in [4.78, 5) is 28.1. The van der Waals surface area contributed by atoms with Crippen LogP contribution in [0.25, 0.3) is 0 Å². The molecule has 0 spiro atoms. The van der Waals surface area contributed by atoms with Crippen LogP contribution in [0, 0.1) is 5.92 Å². The predicted octanol–water partition coefficient (Wildman–Crippen LogP) is 4.70. The van der Waals surface area contributed by atoms with Gasteiger partial charge in [-0.05, 0) is 80.1 Å². The summed E-state index contributed by atoms with van der Waals surface area (Å²) in [7, 11) is 1.41. The number of ether oxygens (including phenoxy) is 1. The van der Waals surface area contributed by atoms with Crippen molar-refractivity contribution >= 4 is 51.2 Å². The van der Waals surface area contributed by atoms with Crippen LogP contribution in [0.4, 0.5) is 10.7 Å². The molecular weight excluding hydrogens is 430 g/mol. The molecule has 1 aromatic heterocycles. The van der Waals surface area contributed by atoms with Crippen molar-refractivity contribution in [2.75, 3.05) is 30.8 Å². The van der Waals surface area contributed by atoms with Crippen LogP contribution in [-0.2, 0) is 17.6 Å². The largest absolute Gasteiger partial charge is 0.465 e. The topological polar surface area (TPSA) is 70.7 Å². The Hall–Kier alpha value is -2.45. The molecule has 1 unspecified atom stereocenters. The summed E-state index contributed by atoms with van der Waals surface area (Å²) >= 11 is 7.07. The van der Waals surface area contributed by atoms with Crippen molar-refractivity contribution in [2.45, 2.75) is 39.0 Å². The Labute approximate surface area is 192 Å². The number of rotatable bonds is 4. The van der Waals surface area contributed by atoms with Gasteiger partial charge in [0, 0.05) is 29.2 Å². The van der Waals surface area contributed by atoms with E-state index in [1.165, 1.54) is 12.0 Å². The molecule has 1 saturated heterocycles. The van der Waals surface area contributed by atoms with Gasteiger partial charge in [0.2, 0.25) is 0 Å². The summed E-state index contributed by atoms with van der Waals surface area (Å²) in [5, 5.41) is 7.47. The molecule has 0 bridgehead atoms. The van der Waals surface area contributed by atoms with Gasteiger partial charge in [-0.3, -0.25) is 4.79 Å². The molecule has 2 aromatic rings. The lowest BCUT2D eigenvalue weighted by atomic mass is 9.88. The lowest BCUT2D eigenvalue weighted by Crippen LogP contribution is -2.27. The highest BCUT2D eigenvalue weighted by atomic mass is 32.1. The van der Waals surface area contributed by atoms with E-state index in [2.05, 4.69) is 17.6 Å². The van der Waals surface area contributed by atoms with Crippen molar-refractivity contribution in [1.29, 1.82) is 0 Å². The van der Waals surface area contributed by atoms with E-state index in [0.29, 0.717) is 22.2 Å². The second-order valence-corrected chi connectivity index (χ2v) is 9.72. The number of anilines is 2. The lowest BCUT2D eigenvalue weighted by molar-refractivity contribution is 0.0600. The van der Waals surface area contributed by atoms with E-state index in [0.717, 1.165) is 61.4 Å². The normalized spacial score (nSPS) is 17.7. The molecule has 0 saturated carbocycles. The Morgan fingerprint density at radius 2 is 1.87 bits per heavy atom. The molecule has 2 aliphatic rings. The Morgan fingerprint density at radius 1 is 1.16 bits per heavy atom. The number of nitrogens with one attached hydrogen (secondary N) is 2. The van der Waals surface area contributed by atoms with Crippen LogP contribution in [0.15, 0.2) is 24.3 Å². The van der Waals surface area contributed by atoms with E-state index in [-0.39, 0.29) is 11.9 Å². The third kappa shape index (κ3) is 4.75. The molecule has 31 heavy (non-hydrogen) atoms. The van der Waals surface area contributed by atoms with Gasteiger partial charge in [0.1, 0.15) is 5.00 Å². The highest BCUT2D eigenvalue weighted by Crippen LogP contribution is 2.40. The zero-order valence-electron chi connectivity index (χ0n) is 17.8. The van der Waals surface area contributed by atoms with E-state index in [4.69, 9.17) is 17.0 Å². The van der Waals surface area contributed by atoms with Crippen molar-refractivity contribution < 1.29 is 14.3 Å². The Bertz CT molecular complexity index is 994. The monoisotopic (exact) mass is 457 g/mol. The Morgan fingerprint density at radius 3 is 2.55 bits per heavy atom. The van der Waals surface area contributed by atoms with Crippen molar-refractivity contribution in [3.8, 4) is 0 Å². The van der Waals surface area contributed by atoms with Gasteiger partial charge in [0.25, 0.3) is 5.91 Å². The first-order valence-corrected chi connectivity index (χ1v) is 11.9. The summed E-state index contributed by atoms with van der Waals surface area (Å²) in [6.45, 7) is 3.90. The summed E-state index contributed by atoms with van der Waals surface area (Å²) in [6.07, 6.45) is 5.07. The molecule has 1 aromatic carbocycles. The molecule has 8 heteroatoms. The number of esters is 1. The van der Waals surface area contributed by atoms with Gasteiger partial charge in [0.15, 0.2) is 5.11 Å². The maximum absolute atomic E-state index is 12.5. The maximum atomic E-state index is 12.5. The fourth-order valence-electron chi connectivity index (χ4n) is 4.22. The number of benzene rings is 1. The highest BCUT2D eigenvalue weighted by molar-refractivity contribution is 7.80. The quantitative estimate of drug-likeness (QED) is 0.512. The second kappa shape index (κ2) is 9.36. The third-order valence-corrected chi connectivity index (χ3v) is 7.29. The standard InChI is InChI=1S/C23H27N3O3S2/c1-14-5-10-17-18(13-14)31-20(19(17)22(28)29-2)25-23(30)24-16-8-6-15(7-9-16)21(27)26-11-3-4-12-26/h6-9,14H,3-5,10-13H2,1-2H3,(H2,24,25,30). The van der Waals surface area contributed by atoms with Gasteiger partial charge >= 0.3 is 5.97 Å². The Balaban J connectivity index is 1.45. The average molecular weight is 458 g/mol. The molecule has 2 N–H and O–H groups in total. The van der Waals surface area contributed by atoms with Crippen LogP contribution in [0.5, 0.6) is 0 Å². The average Bonchev–Trinajstić information content (AvgIpc) is 3.41. The number of amides is 1. The van der Waals surface area contributed by atoms with Gasteiger partial charge in [0.05, 0.1) is 12.7 Å². The molecule has 6 nitrogen and oxygen atoms in total. The highest BCUT2D eigenvalue weighted by Gasteiger charge is 2.28. The first kappa shape index (κ1) is 21.8. The number of thiocarbonyl (C=S) groups is 1. The van der Waals surface area contributed by atoms with Gasteiger partial charge in [-0.15, -0.1) is 11.3 Å². The summed E-state index contributed by atoms with van der Waals surface area (Å²) in [5.74, 6) is 0.351. The minimum absolute atomic E-state index is 0.0749. The molecule has 1 fully saturated rings. The van der Waals surface area contributed by atoms with E-state index in [1.54, 1.807) is 11.3 Å². The molecule has 1 aliphatic heterocycles. The minimum Gasteiger partial charge on any atom is -0.465 e. The number of methoxy groups -OCH3 is 1. The molecule has 164 valence electrons. The molecule has 1 aliphatic carbocycles. The van der Waals surface area contributed by atoms with Crippen LogP contribution < -0.4 is 10.6 Å². The molecule has 0 radical (unpaired) electrons. The predicted molar refractivity (Wildman–Crippen MR) is 128 cm³/mol.